The van der Waals surface area contributed by atoms with Gasteiger partial charge in [-0.05, 0) is 44.4 Å². The van der Waals surface area contributed by atoms with Gasteiger partial charge in [0.1, 0.15) is 12.4 Å². The molecule has 2 heterocycles. The highest BCUT2D eigenvalue weighted by Crippen LogP contribution is 2.01. The second-order valence-electron chi connectivity index (χ2n) is 5.81. The maximum Gasteiger partial charge on any atom is 0.191 e. The number of aliphatic imine (C=N–C) groups is 1. The van der Waals surface area contributed by atoms with E-state index in [2.05, 4.69) is 33.8 Å². The van der Waals surface area contributed by atoms with Crippen LogP contribution in [0.1, 0.15) is 31.1 Å². The smallest absolute Gasteiger partial charge is 0.191 e. The van der Waals surface area contributed by atoms with Gasteiger partial charge in [-0.3, -0.25) is 9.67 Å². The van der Waals surface area contributed by atoms with E-state index < -0.39 is 0 Å². The van der Waals surface area contributed by atoms with Crippen molar-refractivity contribution in [3.8, 4) is 0 Å². The van der Waals surface area contributed by atoms with Crippen LogP contribution in [0.15, 0.2) is 40.2 Å². The first kappa shape index (κ1) is 19.1. The van der Waals surface area contributed by atoms with E-state index in [4.69, 9.17) is 9.15 Å². The van der Waals surface area contributed by atoms with Gasteiger partial charge in [-0.15, -0.1) is 0 Å². The minimum Gasteiger partial charge on any atom is -0.467 e. The minimum atomic E-state index is 0.522. The lowest BCUT2D eigenvalue weighted by Crippen LogP contribution is -2.38. The summed E-state index contributed by atoms with van der Waals surface area (Å²) in [6, 6.07) is 3.78. The van der Waals surface area contributed by atoms with E-state index in [9.17, 15) is 0 Å². The van der Waals surface area contributed by atoms with Gasteiger partial charge in [0.05, 0.1) is 12.5 Å². The van der Waals surface area contributed by atoms with E-state index in [0.717, 1.165) is 50.7 Å². The fourth-order valence-electron chi connectivity index (χ4n) is 2.30. The molecule has 0 fully saturated rings. The minimum absolute atomic E-state index is 0.522. The van der Waals surface area contributed by atoms with Crippen molar-refractivity contribution in [3.63, 3.8) is 0 Å². The van der Waals surface area contributed by atoms with Gasteiger partial charge in [0, 0.05) is 39.0 Å². The molecule has 2 aromatic rings. The van der Waals surface area contributed by atoms with Gasteiger partial charge in [0.15, 0.2) is 5.96 Å². The fraction of sp³-hybridized carbons (Fsp3) is 0.556. The summed E-state index contributed by atoms with van der Waals surface area (Å²) in [6.07, 6.45) is 7.47. The van der Waals surface area contributed by atoms with Crippen molar-refractivity contribution in [1.82, 2.24) is 20.4 Å². The van der Waals surface area contributed by atoms with E-state index in [0.29, 0.717) is 13.2 Å². The van der Waals surface area contributed by atoms with E-state index >= 15 is 0 Å². The molecule has 7 nitrogen and oxygen atoms in total. The maximum absolute atomic E-state index is 5.57. The number of ether oxygens (including phenoxy) is 1. The molecule has 2 aromatic heterocycles. The van der Waals surface area contributed by atoms with Crippen LogP contribution in [-0.2, 0) is 17.9 Å². The zero-order valence-corrected chi connectivity index (χ0v) is 15.2. The van der Waals surface area contributed by atoms with E-state index in [1.165, 1.54) is 5.56 Å². The Hall–Kier alpha value is -2.28. The molecule has 0 aliphatic rings. The predicted octanol–water partition coefficient (Wildman–Crippen LogP) is 2.34. The Morgan fingerprint density at radius 1 is 1.36 bits per heavy atom. The number of aryl methyl sites for hydroxylation is 2. The first-order valence-electron chi connectivity index (χ1n) is 8.89. The fourth-order valence-corrected chi connectivity index (χ4v) is 2.30. The predicted molar refractivity (Wildman–Crippen MR) is 98.5 cm³/mol. The summed E-state index contributed by atoms with van der Waals surface area (Å²) in [7, 11) is 0. The highest BCUT2D eigenvalue weighted by atomic mass is 16.5. The molecule has 2 rings (SSSR count). The largest absolute Gasteiger partial charge is 0.467 e. The van der Waals surface area contributed by atoms with E-state index in [1.807, 2.05) is 29.9 Å². The van der Waals surface area contributed by atoms with Gasteiger partial charge in [-0.1, -0.05) is 0 Å². The average Bonchev–Trinajstić information content (AvgIpc) is 3.26. The van der Waals surface area contributed by atoms with Gasteiger partial charge < -0.3 is 19.8 Å². The molecule has 0 aromatic carbocycles. The maximum atomic E-state index is 5.57. The van der Waals surface area contributed by atoms with Crippen LogP contribution in [0.3, 0.4) is 0 Å². The van der Waals surface area contributed by atoms with Crippen molar-refractivity contribution >= 4 is 5.96 Å². The first-order valence-corrected chi connectivity index (χ1v) is 8.89. The second kappa shape index (κ2) is 11.3. The van der Waals surface area contributed by atoms with Crippen LogP contribution in [0.25, 0.3) is 0 Å². The van der Waals surface area contributed by atoms with Gasteiger partial charge in [0.2, 0.25) is 0 Å². The van der Waals surface area contributed by atoms with Crippen molar-refractivity contribution in [2.45, 2.75) is 39.8 Å². The molecule has 0 aliphatic heterocycles. The number of hydrogen-bond donors (Lipinski definition) is 2. The molecule has 0 radical (unpaired) electrons. The molecule has 0 atom stereocenters. The molecular weight excluding hydrogens is 318 g/mol. The third-order valence-electron chi connectivity index (χ3n) is 3.50. The number of hydrogen-bond acceptors (Lipinski definition) is 4. The lowest BCUT2D eigenvalue weighted by molar-refractivity contribution is 0.105. The molecule has 0 spiro atoms. The molecule has 0 aliphatic carbocycles. The summed E-state index contributed by atoms with van der Waals surface area (Å²) in [5.74, 6) is 1.71. The summed E-state index contributed by atoms with van der Waals surface area (Å²) in [5, 5.41) is 10.9. The van der Waals surface area contributed by atoms with Crippen molar-refractivity contribution in [2.24, 2.45) is 4.99 Å². The van der Waals surface area contributed by atoms with Crippen LogP contribution in [-0.4, -0.2) is 42.0 Å². The van der Waals surface area contributed by atoms with E-state index in [1.54, 1.807) is 6.26 Å². The van der Waals surface area contributed by atoms with Gasteiger partial charge in [-0.2, -0.15) is 5.10 Å². The number of furan rings is 1. The molecule has 0 bridgehead atoms. The zero-order chi connectivity index (χ0) is 17.7. The molecule has 7 heteroatoms. The molecule has 138 valence electrons. The third kappa shape index (κ3) is 7.89. The Labute approximate surface area is 149 Å². The Balaban J connectivity index is 1.56. The summed E-state index contributed by atoms with van der Waals surface area (Å²) in [6.45, 7) is 8.64. The lowest BCUT2D eigenvalue weighted by atomic mass is 10.4. The topological polar surface area (TPSA) is 76.6 Å². The Bertz CT molecular complexity index is 607. The van der Waals surface area contributed by atoms with Crippen molar-refractivity contribution in [2.75, 3.05) is 26.2 Å². The summed E-state index contributed by atoms with van der Waals surface area (Å²) >= 11 is 0. The molecule has 0 saturated heterocycles. The van der Waals surface area contributed by atoms with Gasteiger partial charge >= 0.3 is 0 Å². The van der Waals surface area contributed by atoms with Crippen molar-refractivity contribution in [1.29, 1.82) is 0 Å². The lowest BCUT2D eigenvalue weighted by Gasteiger charge is -2.11. The molecule has 25 heavy (non-hydrogen) atoms. The normalized spacial score (nSPS) is 11.7. The summed E-state index contributed by atoms with van der Waals surface area (Å²) in [4.78, 5) is 4.59. The standard InChI is InChI=1S/C18H29N5O2/c1-3-19-18(20-8-5-10-23-14-16(2)13-22-23)21-9-6-11-24-15-17-7-4-12-25-17/h4,7,12-14H,3,5-6,8-11,15H2,1-2H3,(H2,19,20,21). The summed E-state index contributed by atoms with van der Waals surface area (Å²) < 4.78 is 12.7. The van der Waals surface area contributed by atoms with Crippen LogP contribution in [0.2, 0.25) is 0 Å². The first-order chi connectivity index (χ1) is 12.3. The average molecular weight is 347 g/mol. The van der Waals surface area contributed by atoms with Crippen molar-refractivity contribution < 1.29 is 9.15 Å². The van der Waals surface area contributed by atoms with Crippen LogP contribution >= 0.6 is 0 Å². The molecule has 0 unspecified atom stereocenters. The van der Waals surface area contributed by atoms with Crippen molar-refractivity contribution in [3.05, 3.63) is 42.1 Å². The van der Waals surface area contributed by atoms with Crippen LogP contribution in [0, 0.1) is 6.92 Å². The molecule has 0 amide bonds. The van der Waals surface area contributed by atoms with Crippen LogP contribution < -0.4 is 10.6 Å². The number of nitrogens with zero attached hydrogens (tertiary/aromatic N) is 3. The molecule has 0 saturated carbocycles. The number of rotatable bonds is 11. The van der Waals surface area contributed by atoms with E-state index in [-0.39, 0.29) is 0 Å². The SMILES string of the molecule is CCNC(=NCCCn1cc(C)cn1)NCCCOCc1ccco1. The Morgan fingerprint density at radius 3 is 3.00 bits per heavy atom. The van der Waals surface area contributed by atoms with Gasteiger partial charge in [-0.25, -0.2) is 0 Å². The van der Waals surface area contributed by atoms with Crippen LogP contribution in [0.5, 0.6) is 0 Å². The molecule has 2 N–H and O–H groups in total. The second-order valence-corrected chi connectivity index (χ2v) is 5.81. The Kier molecular flexibility index (Phi) is 8.61. The number of guanidine groups is 1. The van der Waals surface area contributed by atoms with Gasteiger partial charge in [0.25, 0.3) is 0 Å². The zero-order valence-electron chi connectivity index (χ0n) is 15.2. The Morgan fingerprint density at radius 2 is 2.28 bits per heavy atom. The highest BCUT2D eigenvalue weighted by Gasteiger charge is 1.99. The quantitative estimate of drug-likeness (QED) is 0.371. The third-order valence-corrected chi connectivity index (χ3v) is 3.50. The number of nitrogens with one attached hydrogen (secondary N) is 2. The number of aromatic nitrogens is 2. The highest BCUT2D eigenvalue weighted by molar-refractivity contribution is 5.79. The summed E-state index contributed by atoms with van der Waals surface area (Å²) in [5.41, 5.74) is 1.19. The molecular formula is C18H29N5O2. The monoisotopic (exact) mass is 347 g/mol. The van der Waals surface area contributed by atoms with Crippen LogP contribution in [0.4, 0.5) is 0 Å².